The fourth-order valence-electron chi connectivity index (χ4n) is 3.30. The number of hydrogen-bond acceptors (Lipinski definition) is 4. The second kappa shape index (κ2) is 13.6. The third-order valence-electron chi connectivity index (χ3n) is 4.86. The van der Waals surface area contributed by atoms with Crippen molar-refractivity contribution < 1.29 is 9.15 Å². The fraction of sp³-hybridized carbons (Fsp3) is 0.500. The molecule has 1 aliphatic heterocycles. The molecule has 2 aromatic rings. The van der Waals surface area contributed by atoms with Crippen LogP contribution in [0.1, 0.15) is 17.7 Å². The molecule has 0 aliphatic carbocycles. The third kappa shape index (κ3) is 8.76. The van der Waals surface area contributed by atoms with E-state index in [4.69, 9.17) is 14.1 Å². The summed E-state index contributed by atoms with van der Waals surface area (Å²) in [6.07, 6.45) is 3.62. The summed E-state index contributed by atoms with van der Waals surface area (Å²) in [5.41, 5.74) is 1.28. The SMILES string of the molecule is CN(Cc1ccccc1)C(=NCCCN1CCOCC1)NCCc1ccco1.I. The van der Waals surface area contributed by atoms with Crippen LogP contribution in [0.15, 0.2) is 58.1 Å². The van der Waals surface area contributed by atoms with Gasteiger partial charge in [-0.1, -0.05) is 30.3 Å². The normalized spacial score (nSPS) is 15.0. The average Bonchev–Trinajstić information content (AvgIpc) is 3.25. The molecule has 2 heterocycles. The molecule has 0 radical (unpaired) electrons. The Morgan fingerprint density at radius 3 is 2.66 bits per heavy atom. The van der Waals surface area contributed by atoms with E-state index in [9.17, 15) is 0 Å². The highest BCUT2D eigenvalue weighted by molar-refractivity contribution is 14.0. The summed E-state index contributed by atoms with van der Waals surface area (Å²) in [5.74, 6) is 1.93. The van der Waals surface area contributed by atoms with E-state index in [1.807, 2.05) is 18.2 Å². The first-order valence-corrected chi connectivity index (χ1v) is 10.2. The lowest BCUT2D eigenvalue weighted by Crippen LogP contribution is -2.40. The van der Waals surface area contributed by atoms with Crippen molar-refractivity contribution in [1.29, 1.82) is 0 Å². The van der Waals surface area contributed by atoms with Gasteiger partial charge in [0, 0.05) is 52.7 Å². The number of halogens is 1. The first-order valence-electron chi connectivity index (χ1n) is 10.2. The van der Waals surface area contributed by atoms with E-state index in [1.54, 1.807) is 6.26 Å². The summed E-state index contributed by atoms with van der Waals surface area (Å²) in [5, 5.41) is 3.50. The molecular formula is C22H33IN4O2. The number of nitrogens with one attached hydrogen (secondary N) is 1. The lowest BCUT2D eigenvalue weighted by atomic mass is 10.2. The molecule has 1 aliphatic rings. The van der Waals surface area contributed by atoms with Crippen LogP contribution in [0.4, 0.5) is 0 Å². The van der Waals surface area contributed by atoms with Crippen LogP contribution in [-0.4, -0.2) is 68.7 Å². The van der Waals surface area contributed by atoms with E-state index in [1.165, 1.54) is 5.56 Å². The Labute approximate surface area is 191 Å². The summed E-state index contributed by atoms with van der Waals surface area (Å²) in [7, 11) is 2.09. The number of furan rings is 1. The quantitative estimate of drug-likeness (QED) is 0.242. The Balaban J connectivity index is 0.00000300. The maximum absolute atomic E-state index is 5.43. The molecule has 1 aromatic heterocycles. The van der Waals surface area contributed by atoms with Crippen molar-refractivity contribution in [3.63, 3.8) is 0 Å². The van der Waals surface area contributed by atoms with Gasteiger partial charge in [-0.3, -0.25) is 9.89 Å². The number of nitrogens with zero attached hydrogens (tertiary/aromatic N) is 3. The van der Waals surface area contributed by atoms with E-state index in [0.29, 0.717) is 0 Å². The Bertz CT molecular complexity index is 688. The molecule has 3 rings (SSSR count). The number of morpholine rings is 1. The molecular weight excluding hydrogens is 479 g/mol. The molecule has 1 saturated heterocycles. The van der Waals surface area contributed by atoms with Crippen LogP contribution in [0.3, 0.4) is 0 Å². The number of guanidine groups is 1. The minimum absolute atomic E-state index is 0. The van der Waals surface area contributed by atoms with Crippen LogP contribution in [0.5, 0.6) is 0 Å². The van der Waals surface area contributed by atoms with Gasteiger partial charge in [-0.25, -0.2) is 0 Å². The number of ether oxygens (including phenoxy) is 1. The first-order chi connectivity index (χ1) is 13.8. The van der Waals surface area contributed by atoms with Crippen molar-refractivity contribution >= 4 is 29.9 Å². The van der Waals surface area contributed by atoms with Gasteiger partial charge in [0.05, 0.1) is 19.5 Å². The Morgan fingerprint density at radius 2 is 1.93 bits per heavy atom. The first kappa shape index (κ1) is 23.7. The van der Waals surface area contributed by atoms with Crippen LogP contribution in [0.2, 0.25) is 0 Å². The molecule has 1 N–H and O–H groups in total. The molecule has 1 aromatic carbocycles. The van der Waals surface area contributed by atoms with Gasteiger partial charge in [-0.15, -0.1) is 24.0 Å². The minimum atomic E-state index is 0. The van der Waals surface area contributed by atoms with Crippen molar-refractivity contribution in [1.82, 2.24) is 15.1 Å². The van der Waals surface area contributed by atoms with Gasteiger partial charge in [0.2, 0.25) is 0 Å². The topological polar surface area (TPSA) is 53.2 Å². The van der Waals surface area contributed by atoms with E-state index in [-0.39, 0.29) is 24.0 Å². The van der Waals surface area contributed by atoms with E-state index in [0.717, 1.165) is 77.0 Å². The average molecular weight is 512 g/mol. The Hall–Kier alpha value is -1.58. The zero-order valence-corrected chi connectivity index (χ0v) is 19.6. The second-order valence-electron chi connectivity index (χ2n) is 7.11. The lowest BCUT2D eigenvalue weighted by Gasteiger charge is -2.26. The fourth-order valence-corrected chi connectivity index (χ4v) is 3.30. The standard InChI is InChI=1S/C22H32N4O2.HI/c1-25(19-20-7-3-2-4-8-20)22(24-12-10-21-9-5-16-28-21)23-11-6-13-26-14-17-27-18-15-26;/h2-5,7-9,16H,6,10-15,17-19H2,1H3,(H,23,24);1H. The Morgan fingerprint density at radius 1 is 1.14 bits per heavy atom. The lowest BCUT2D eigenvalue weighted by molar-refractivity contribution is 0.0377. The van der Waals surface area contributed by atoms with Gasteiger partial charge in [0.15, 0.2) is 5.96 Å². The number of hydrogen-bond donors (Lipinski definition) is 1. The van der Waals surface area contributed by atoms with Crippen LogP contribution in [0.25, 0.3) is 0 Å². The smallest absolute Gasteiger partial charge is 0.193 e. The monoisotopic (exact) mass is 512 g/mol. The molecule has 0 saturated carbocycles. The van der Waals surface area contributed by atoms with Crippen LogP contribution < -0.4 is 5.32 Å². The Kier molecular flexibility index (Phi) is 11.1. The highest BCUT2D eigenvalue weighted by atomic mass is 127. The van der Waals surface area contributed by atoms with E-state index < -0.39 is 0 Å². The molecule has 160 valence electrons. The molecule has 29 heavy (non-hydrogen) atoms. The molecule has 1 fully saturated rings. The highest BCUT2D eigenvalue weighted by Gasteiger charge is 2.10. The van der Waals surface area contributed by atoms with Crippen LogP contribution in [-0.2, 0) is 17.7 Å². The largest absolute Gasteiger partial charge is 0.469 e. The zero-order chi connectivity index (χ0) is 19.4. The third-order valence-corrected chi connectivity index (χ3v) is 4.86. The van der Waals surface area contributed by atoms with Gasteiger partial charge in [0.25, 0.3) is 0 Å². The van der Waals surface area contributed by atoms with E-state index in [2.05, 4.69) is 46.4 Å². The molecule has 0 spiro atoms. The molecule has 0 bridgehead atoms. The maximum atomic E-state index is 5.43. The summed E-state index contributed by atoms with van der Waals surface area (Å²) >= 11 is 0. The number of aliphatic imine (C=N–C) groups is 1. The van der Waals surface area contributed by atoms with Gasteiger partial charge >= 0.3 is 0 Å². The number of benzene rings is 1. The molecule has 7 heteroatoms. The van der Waals surface area contributed by atoms with Gasteiger partial charge in [-0.05, 0) is 24.1 Å². The predicted octanol–water partition coefficient (Wildman–Crippen LogP) is 3.24. The summed E-state index contributed by atoms with van der Waals surface area (Å²) < 4.78 is 10.8. The number of rotatable bonds is 9. The van der Waals surface area contributed by atoms with Crippen molar-refractivity contribution in [2.45, 2.75) is 19.4 Å². The summed E-state index contributed by atoms with van der Waals surface area (Å²) in [6.45, 7) is 7.30. The van der Waals surface area contributed by atoms with Crippen molar-refractivity contribution in [3.05, 3.63) is 60.1 Å². The van der Waals surface area contributed by atoms with Crippen molar-refractivity contribution in [2.75, 3.05) is 53.0 Å². The van der Waals surface area contributed by atoms with Crippen molar-refractivity contribution in [2.24, 2.45) is 4.99 Å². The van der Waals surface area contributed by atoms with Crippen LogP contribution in [0, 0.1) is 0 Å². The highest BCUT2D eigenvalue weighted by Crippen LogP contribution is 2.05. The molecule has 6 nitrogen and oxygen atoms in total. The van der Waals surface area contributed by atoms with Crippen molar-refractivity contribution in [3.8, 4) is 0 Å². The second-order valence-corrected chi connectivity index (χ2v) is 7.11. The maximum Gasteiger partial charge on any atom is 0.193 e. The van der Waals surface area contributed by atoms with Crippen LogP contribution >= 0.6 is 24.0 Å². The summed E-state index contributed by atoms with van der Waals surface area (Å²) in [4.78, 5) is 9.51. The molecule has 0 atom stereocenters. The summed E-state index contributed by atoms with van der Waals surface area (Å²) in [6, 6.07) is 14.4. The van der Waals surface area contributed by atoms with E-state index >= 15 is 0 Å². The minimum Gasteiger partial charge on any atom is -0.469 e. The molecule has 0 amide bonds. The van der Waals surface area contributed by atoms with Gasteiger partial charge in [-0.2, -0.15) is 0 Å². The zero-order valence-electron chi connectivity index (χ0n) is 17.3. The van der Waals surface area contributed by atoms with Gasteiger partial charge < -0.3 is 19.4 Å². The predicted molar refractivity (Wildman–Crippen MR) is 128 cm³/mol. The van der Waals surface area contributed by atoms with Gasteiger partial charge in [0.1, 0.15) is 5.76 Å². The molecule has 0 unspecified atom stereocenters.